The Hall–Kier alpha value is -1.65. The van der Waals surface area contributed by atoms with E-state index in [1.807, 2.05) is 18.9 Å². The van der Waals surface area contributed by atoms with Gasteiger partial charge in [-0.25, -0.2) is 0 Å². The van der Waals surface area contributed by atoms with Crippen molar-refractivity contribution in [3.8, 4) is 0 Å². The minimum absolute atomic E-state index is 0.244. The van der Waals surface area contributed by atoms with Gasteiger partial charge in [0.2, 0.25) is 0 Å². The molecule has 1 aromatic heterocycles. The van der Waals surface area contributed by atoms with E-state index in [0.29, 0.717) is 11.3 Å². The highest BCUT2D eigenvalue weighted by Gasteiger charge is 2.41. The minimum Gasteiger partial charge on any atom is -0.330 e. The van der Waals surface area contributed by atoms with Crippen LogP contribution in [0, 0.1) is 19.8 Å². The molecule has 2 aliphatic rings. The molecule has 24 heavy (non-hydrogen) atoms. The van der Waals surface area contributed by atoms with E-state index in [1.165, 1.54) is 19.3 Å². The zero-order chi connectivity index (χ0) is 17.4. The first-order chi connectivity index (χ1) is 11.4. The molecule has 3 rings (SSSR count). The number of hydrogen-bond acceptors (Lipinski definition) is 3. The lowest BCUT2D eigenvalue weighted by Gasteiger charge is -2.36. The lowest BCUT2D eigenvalue weighted by molar-refractivity contribution is -0.130. The van der Waals surface area contributed by atoms with Gasteiger partial charge in [-0.15, -0.1) is 0 Å². The van der Waals surface area contributed by atoms with E-state index >= 15 is 0 Å². The van der Waals surface area contributed by atoms with Gasteiger partial charge >= 0.3 is 0 Å². The van der Waals surface area contributed by atoms with Crippen molar-refractivity contribution in [2.24, 2.45) is 13.0 Å². The van der Waals surface area contributed by atoms with E-state index in [9.17, 15) is 9.59 Å². The molecular weight excluding hydrogens is 302 g/mol. The van der Waals surface area contributed by atoms with Crippen LogP contribution in [0.3, 0.4) is 0 Å². The fourth-order valence-electron chi connectivity index (χ4n) is 4.14. The monoisotopic (exact) mass is 331 g/mol. The van der Waals surface area contributed by atoms with Crippen molar-refractivity contribution in [2.45, 2.75) is 77.8 Å². The summed E-state index contributed by atoms with van der Waals surface area (Å²) in [5.41, 5.74) is 1.92. The zero-order valence-corrected chi connectivity index (χ0v) is 15.3. The van der Waals surface area contributed by atoms with E-state index in [1.54, 1.807) is 11.6 Å². The lowest BCUT2D eigenvalue weighted by Crippen LogP contribution is -2.47. The van der Waals surface area contributed by atoms with Crippen molar-refractivity contribution in [3.05, 3.63) is 17.0 Å². The SMILES string of the molecule is CCC1CCC(N(C(=O)C(=O)c2c(C)nn(C)c2C)C2CC2)CC1. The van der Waals surface area contributed by atoms with Crippen LogP contribution in [0.25, 0.3) is 0 Å². The topological polar surface area (TPSA) is 55.2 Å². The molecule has 0 unspecified atom stereocenters. The molecule has 0 aromatic carbocycles. The molecule has 2 saturated carbocycles. The summed E-state index contributed by atoms with van der Waals surface area (Å²) in [5.74, 6) is 0.107. The third-order valence-corrected chi connectivity index (χ3v) is 5.89. The van der Waals surface area contributed by atoms with Crippen LogP contribution in [-0.2, 0) is 11.8 Å². The number of carbonyl (C=O) groups excluding carboxylic acids is 2. The van der Waals surface area contributed by atoms with E-state index in [-0.39, 0.29) is 23.8 Å². The maximum Gasteiger partial charge on any atom is 0.295 e. The number of nitrogens with zero attached hydrogens (tertiary/aromatic N) is 3. The van der Waals surface area contributed by atoms with Crippen molar-refractivity contribution < 1.29 is 9.59 Å². The summed E-state index contributed by atoms with van der Waals surface area (Å²) in [6.45, 7) is 5.90. The van der Waals surface area contributed by atoms with Crippen molar-refractivity contribution >= 4 is 11.7 Å². The molecule has 5 nitrogen and oxygen atoms in total. The number of amides is 1. The Labute approximate surface area is 144 Å². The molecule has 1 aromatic rings. The van der Waals surface area contributed by atoms with E-state index in [4.69, 9.17) is 0 Å². The third kappa shape index (κ3) is 3.13. The van der Waals surface area contributed by atoms with E-state index in [2.05, 4.69) is 12.0 Å². The third-order valence-electron chi connectivity index (χ3n) is 5.89. The average Bonchev–Trinajstić information content (AvgIpc) is 3.36. The summed E-state index contributed by atoms with van der Waals surface area (Å²) in [4.78, 5) is 27.9. The first-order valence-corrected chi connectivity index (χ1v) is 9.31. The molecule has 1 amide bonds. The number of ketones is 1. The van der Waals surface area contributed by atoms with Crippen LogP contribution in [0.5, 0.6) is 0 Å². The normalized spacial score (nSPS) is 24.0. The summed E-state index contributed by atoms with van der Waals surface area (Å²) >= 11 is 0. The van der Waals surface area contributed by atoms with Crippen molar-refractivity contribution in [1.29, 1.82) is 0 Å². The largest absolute Gasteiger partial charge is 0.330 e. The van der Waals surface area contributed by atoms with Crippen LogP contribution < -0.4 is 0 Å². The summed E-state index contributed by atoms with van der Waals surface area (Å²) in [5, 5.41) is 4.29. The quantitative estimate of drug-likeness (QED) is 0.615. The predicted octanol–water partition coefficient (Wildman–Crippen LogP) is 3.18. The van der Waals surface area contributed by atoms with Crippen LogP contribution >= 0.6 is 0 Å². The molecule has 5 heteroatoms. The first kappa shape index (κ1) is 17.2. The highest BCUT2D eigenvalue weighted by Crippen LogP contribution is 2.36. The Morgan fingerprint density at radius 3 is 2.04 bits per heavy atom. The van der Waals surface area contributed by atoms with Crippen LogP contribution in [0.2, 0.25) is 0 Å². The van der Waals surface area contributed by atoms with E-state index < -0.39 is 0 Å². The number of aromatic nitrogens is 2. The number of carbonyl (C=O) groups is 2. The molecule has 0 atom stereocenters. The maximum absolute atomic E-state index is 13.0. The molecule has 132 valence electrons. The highest BCUT2D eigenvalue weighted by atomic mass is 16.2. The van der Waals surface area contributed by atoms with Gasteiger partial charge in [0.1, 0.15) is 0 Å². The van der Waals surface area contributed by atoms with Crippen LogP contribution in [0.15, 0.2) is 0 Å². The van der Waals surface area contributed by atoms with Gasteiger partial charge in [-0.2, -0.15) is 5.10 Å². The fraction of sp³-hybridized carbons (Fsp3) is 0.737. The molecule has 0 saturated heterocycles. The van der Waals surface area contributed by atoms with Gasteiger partial charge in [-0.1, -0.05) is 13.3 Å². The van der Waals surface area contributed by atoms with Gasteiger partial charge in [-0.3, -0.25) is 14.3 Å². The Kier molecular flexibility index (Phi) is 4.79. The van der Waals surface area contributed by atoms with Gasteiger partial charge in [0.25, 0.3) is 11.7 Å². The highest BCUT2D eigenvalue weighted by molar-refractivity contribution is 6.43. The molecule has 0 bridgehead atoms. The van der Waals surface area contributed by atoms with Gasteiger partial charge in [-0.05, 0) is 58.3 Å². The van der Waals surface area contributed by atoms with Crippen LogP contribution in [-0.4, -0.2) is 38.5 Å². The molecule has 2 aliphatic carbocycles. The molecule has 1 heterocycles. The second-order valence-corrected chi connectivity index (χ2v) is 7.52. The maximum atomic E-state index is 13.0. The molecule has 2 fully saturated rings. The Morgan fingerprint density at radius 2 is 1.62 bits per heavy atom. The number of Topliss-reactive ketones (excluding diaryl/α,β-unsaturated/α-hetero) is 1. The molecule has 0 aliphatic heterocycles. The summed E-state index contributed by atoms with van der Waals surface area (Å²) in [6.07, 6.45) is 7.73. The average molecular weight is 331 g/mol. The van der Waals surface area contributed by atoms with Gasteiger partial charge in [0.15, 0.2) is 0 Å². The Morgan fingerprint density at radius 1 is 1.08 bits per heavy atom. The number of hydrogen-bond donors (Lipinski definition) is 0. The standard InChI is InChI=1S/C19H29N3O2/c1-5-14-6-8-15(9-7-14)22(16-10-11-16)19(24)18(23)17-12(2)20-21(4)13(17)3/h14-16H,5-11H2,1-4H3. The smallest absolute Gasteiger partial charge is 0.295 e. The lowest BCUT2D eigenvalue weighted by atomic mass is 9.83. The Bertz CT molecular complexity index is 637. The first-order valence-electron chi connectivity index (χ1n) is 9.31. The van der Waals surface area contributed by atoms with Crippen molar-refractivity contribution in [2.75, 3.05) is 0 Å². The van der Waals surface area contributed by atoms with Gasteiger partial charge in [0, 0.05) is 24.8 Å². The second-order valence-electron chi connectivity index (χ2n) is 7.52. The molecular formula is C19H29N3O2. The van der Waals surface area contributed by atoms with E-state index in [0.717, 1.165) is 37.3 Å². The molecule has 0 radical (unpaired) electrons. The molecule has 0 N–H and O–H groups in total. The van der Waals surface area contributed by atoms with Crippen LogP contribution in [0.4, 0.5) is 0 Å². The summed E-state index contributed by atoms with van der Waals surface area (Å²) < 4.78 is 1.68. The zero-order valence-electron chi connectivity index (χ0n) is 15.3. The second kappa shape index (κ2) is 6.69. The summed E-state index contributed by atoms with van der Waals surface area (Å²) in [7, 11) is 1.81. The number of rotatable bonds is 5. The molecule has 0 spiro atoms. The summed E-state index contributed by atoms with van der Waals surface area (Å²) in [6, 6.07) is 0.524. The fourth-order valence-corrected chi connectivity index (χ4v) is 4.14. The van der Waals surface area contributed by atoms with Crippen molar-refractivity contribution in [3.63, 3.8) is 0 Å². The Balaban J connectivity index is 1.79. The minimum atomic E-state index is -0.373. The van der Waals surface area contributed by atoms with Gasteiger partial charge < -0.3 is 4.90 Å². The van der Waals surface area contributed by atoms with Crippen molar-refractivity contribution in [1.82, 2.24) is 14.7 Å². The predicted molar refractivity (Wildman–Crippen MR) is 92.9 cm³/mol. The van der Waals surface area contributed by atoms with Crippen LogP contribution in [0.1, 0.15) is 73.6 Å². The van der Waals surface area contributed by atoms with Gasteiger partial charge in [0.05, 0.1) is 11.3 Å². The number of aryl methyl sites for hydroxylation is 2.